The first kappa shape index (κ1) is 12.4. The molecule has 0 atom stereocenters. The number of aliphatic carboxylic acids is 1. The van der Waals surface area contributed by atoms with Crippen LogP contribution in [-0.4, -0.2) is 29.6 Å². The second-order valence-electron chi connectivity index (χ2n) is 3.32. The van der Waals surface area contributed by atoms with Gasteiger partial charge in [0.25, 0.3) is 5.69 Å². The van der Waals surface area contributed by atoms with Crippen molar-refractivity contribution in [3.05, 3.63) is 33.9 Å². The molecule has 1 aromatic rings. The summed E-state index contributed by atoms with van der Waals surface area (Å²) in [7, 11) is 1.50. The maximum absolute atomic E-state index is 10.5. The first-order valence-corrected chi connectivity index (χ1v) is 4.57. The summed E-state index contributed by atoms with van der Waals surface area (Å²) >= 11 is 0. The number of rotatable bonds is 4. The van der Waals surface area contributed by atoms with Crippen LogP contribution in [0.3, 0.4) is 0 Å². The second-order valence-corrected chi connectivity index (χ2v) is 3.32. The van der Waals surface area contributed by atoms with Gasteiger partial charge < -0.3 is 10.0 Å². The van der Waals surface area contributed by atoms with E-state index in [1.54, 1.807) is 6.07 Å². The molecule has 0 aliphatic rings. The third-order valence-corrected chi connectivity index (χ3v) is 2.10. The van der Waals surface area contributed by atoms with E-state index in [0.29, 0.717) is 5.69 Å². The molecule has 0 radical (unpaired) electrons. The molecule has 0 heterocycles. The second kappa shape index (κ2) is 4.94. The summed E-state index contributed by atoms with van der Waals surface area (Å²) < 4.78 is 0. The largest absolute Gasteiger partial charge is 0.480 e. The highest BCUT2D eigenvalue weighted by Crippen LogP contribution is 2.23. The Morgan fingerprint density at radius 3 is 2.76 bits per heavy atom. The number of likely N-dealkylation sites (N-methyl/N-ethyl adjacent to an activating group) is 1. The van der Waals surface area contributed by atoms with Gasteiger partial charge in [0, 0.05) is 19.2 Å². The molecule has 0 saturated carbocycles. The van der Waals surface area contributed by atoms with Crippen LogP contribution in [0.2, 0.25) is 0 Å². The summed E-state index contributed by atoms with van der Waals surface area (Å²) in [6.45, 7) is -0.285. The van der Waals surface area contributed by atoms with Crippen molar-refractivity contribution in [1.29, 1.82) is 5.26 Å². The van der Waals surface area contributed by atoms with E-state index in [2.05, 4.69) is 0 Å². The molecule has 0 unspecified atom stereocenters. The van der Waals surface area contributed by atoms with E-state index < -0.39 is 10.9 Å². The zero-order valence-corrected chi connectivity index (χ0v) is 8.95. The highest BCUT2D eigenvalue weighted by atomic mass is 16.6. The van der Waals surface area contributed by atoms with Gasteiger partial charge in [-0.05, 0) is 6.07 Å². The van der Waals surface area contributed by atoms with E-state index in [-0.39, 0.29) is 17.8 Å². The third-order valence-electron chi connectivity index (χ3n) is 2.10. The highest BCUT2D eigenvalue weighted by Gasteiger charge is 2.14. The Labute approximate surface area is 96.7 Å². The summed E-state index contributed by atoms with van der Waals surface area (Å²) in [5.41, 5.74) is 0.220. The Morgan fingerprint density at radius 1 is 1.65 bits per heavy atom. The molecule has 0 aromatic heterocycles. The highest BCUT2D eigenvalue weighted by molar-refractivity contribution is 5.75. The number of non-ortho nitro benzene ring substituents is 1. The van der Waals surface area contributed by atoms with Crippen molar-refractivity contribution in [3.8, 4) is 6.07 Å². The summed E-state index contributed by atoms with van der Waals surface area (Å²) in [6.07, 6.45) is 0. The van der Waals surface area contributed by atoms with Gasteiger partial charge in [0.1, 0.15) is 12.6 Å². The Bertz CT molecular complexity index is 507. The molecule has 0 amide bonds. The molecule has 0 fully saturated rings. The molecule has 0 saturated heterocycles. The zero-order valence-electron chi connectivity index (χ0n) is 8.95. The Balaban J connectivity index is 3.13. The van der Waals surface area contributed by atoms with Crippen LogP contribution in [0.15, 0.2) is 18.2 Å². The van der Waals surface area contributed by atoms with Crippen molar-refractivity contribution >= 4 is 17.3 Å². The van der Waals surface area contributed by atoms with E-state index in [9.17, 15) is 14.9 Å². The molecule has 0 spiro atoms. The summed E-state index contributed by atoms with van der Waals surface area (Å²) in [6, 6.07) is 5.52. The van der Waals surface area contributed by atoms with Crippen LogP contribution in [0.1, 0.15) is 5.56 Å². The maximum Gasteiger partial charge on any atom is 0.323 e. The number of nitriles is 1. The number of benzene rings is 1. The first-order valence-electron chi connectivity index (χ1n) is 4.57. The minimum absolute atomic E-state index is 0.0722. The van der Waals surface area contributed by atoms with E-state index in [1.807, 2.05) is 0 Å². The molecular weight excluding hydrogens is 226 g/mol. The van der Waals surface area contributed by atoms with Gasteiger partial charge in [0.05, 0.1) is 16.2 Å². The number of carboxylic acids is 1. The number of carboxylic acid groups (broad SMARTS) is 1. The number of hydrogen-bond acceptors (Lipinski definition) is 5. The number of hydrogen-bond donors (Lipinski definition) is 1. The molecule has 0 bridgehead atoms. The van der Waals surface area contributed by atoms with Crippen LogP contribution in [0.4, 0.5) is 11.4 Å². The van der Waals surface area contributed by atoms with Crippen molar-refractivity contribution in [2.24, 2.45) is 0 Å². The van der Waals surface area contributed by atoms with Crippen molar-refractivity contribution in [2.75, 3.05) is 18.5 Å². The van der Waals surface area contributed by atoms with Gasteiger partial charge in [0.15, 0.2) is 0 Å². The molecule has 1 N–H and O–H groups in total. The average molecular weight is 235 g/mol. The molecule has 0 aliphatic carbocycles. The van der Waals surface area contributed by atoms with Gasteiger partial charge in [-0.1, -0.05) is 0 Å². The lowest BCUT2D eigenvalue weighted by molar-refractivity contribution is -0.384. The van der Waals surface area contributed by atoms with Gasteiger partial charge in [0.2, 0.25) is 0 Å². The van der Waals surface area contributed by atoms with Crippen molar-refractivity contribution < 1.29 is 14.8 Å². The summed E-state index contributed by atoms with van der Waals surface area (Å²) in [5, 5.41) is 28.0. The number of nitro groups is 1. The molecule has 7 nitrogen and oxygen atoms in total. The van der Waals surface area contributed by atoms with Crippen LogP contribution >= 0.6 is 0 Å². The van der Waals surface area contributed by atoms with Crippen LogP contribution in [0, 0.1) is 21.4 Å². The smallest absolute Gasteiger partial charge is 0.323 e. The molecule has 1 aromatic carbocycles. The minimum Gasteiger partial charge on any atom is -0.480 e. The van der Waals surface area contributed by atoms with E-state index >= 15 is 0 Å². The van der Waals surface area contributed by atoms with Crippen molar-refractivity contribution in [2.45, 2.75) is 0 Å². The molecule has 0 aliphatic heterocycles. The Morgan fingerprint density at radius 2 is 2.29 bits per heavy atom. The lowest BCUT2D eigenvalue weighted by Crippen LogP contribution is -2.25. The molecule has 88 valence electrons. The lowest BCUT2D eigenvalue weighted by atomic mass is 10.1. The van der Waals surface area contributed by atoms with Crippen LogP contribution < -0.4 is 4.90 Å². The molecule has 7 heteroatoms. The zero-order chi connectivity index (χ0) is 13.0. The molecule has 1 rings (SSSR count). The number of nitrogens with zero attached hydrogens (tertiary/aromatic N) is 3. The maximum atomic E-state index is 10.5. The van der Waals surface area contributed by atoms with Gasteiger partial charge >= 0.3 is 5.97 Å². The van der Waals surface area contributed by atoms with E-state index in [4.69, 9.17) is 10.4 Å². The van der Waals surface area contributed by atoms with Gasteiger partial charge in [-0.3, -0.25) is 14.9 Å². The van der Waals surface area contributed by atoms with Crippen molar-refractivity contribution in [1.82, 2.24) is 0 Å². The number of nitro benzene ring substituents is 1. The first-order chi connectivity index (χ1) is 7.95. The number of carbonyl (C=O) groups is 1. The van der Waals surface area contributed by atoms with E-state index in [1.165, 1.54) is 24.1 Å². The fraction of sp³-hybridized carbons (Fsp3) is 0.200. The van der Waals surface area contributed by atoms with E-state index in [0.717, 1.165) is 6.07 Å². The minimum atomic E-state index is -1.05. The summed E-state index contributed by atoms with van der Waals surface area (Å²) in [4.78, 5) is 21.8. The van der Waals surface area contributed by atoms with Gasteiger partial charge in [-0.2, -0.15) is 5.26 Å². The summed E-state index contributed by atoms with van der Waals surface area (Å²) in [5.74, 6) is -1.05. The monoisotopic (exact) mass is 235 g/mol. The van der Waals surface area contributed by atoms with Crippen LogP contribution in [0.5, 0.6) is 0 Å². The van der Waals surface area contributed by atoms with Gasteiger partial charge in [-0.15, -0.1) is 0 Å². The predicted molar refractivity (Wildman–Crippen MR) is 58.7 cm³/mol. The fourth-order valence-corrected chi connectivity index (χ4v) is 1.35. The lowest BCUT2D eigenvalue weighted by Gasteiger charge is -2.17. The topological polar surface area (TPSA) is 107 Å². The SMILES string of the molecule is CN(CC(=O)O)c1ccc([N+](=O)[O-])cc1C#N. The Kier molecular flexibility index (Phi) is 3.62. The number of anilines is 1. The van der Waals surface area contributed by atoms with Gasteiger partial charge in [-0.25, -0.2) is 0 Å². The van der Waals surface area contributed by atoms with Crippen LogP contribution in [-0.2, 0) is 4.79 Å². The van der Waals surface area contributed by atoms with Crippen molar-refractivity contribution in [3.63, 3.8) is 0 Å². The molecule has 17 heavy (non-hydrogen) atoms. The molecular formula is C10H9N3O4. The Hall–Kier alpha value is -2.62. The third kappa shape index (κ3) is 2.92. The normalized spacial score (nSPS) is 9.41. The fourth-order valence-electron chi connectivity index (χ4n) is 1.35. The average Bonchev–Trinajstić information content (AvgIpc) is 2.27. The standard InChI is InChI=1S/C10H9N3O4/c1-12(6-10(14)15)9-3-2-8(13(16)17)4-7(9)5-11/h2-4H,6H2,1H3,(H,14,15). The predicted octanol–water partition coefficient (Wildman–Crippen LogP) is 0.987. The quantitative estimate of drug-likeness (QED) is 0.615. The van der Waals surface area contributed by atoms with Crippen LogP contribution in [0.25, 0.3) is 0 Å².